The number of hydrogen-bond donors (Lipinski definition) is 1. The van der Waals surface area contributed by atoms with Crippen LogP contribution in [0.3, 0.4) is 0 Å². The lowest BCUT2D eigenvalue weighted by atomic mass is 10.2. The molecule has 0 saturated heterocycles. The highest BCUT2D eigenvalue weighted by Crippen LogP contribution is 2.13. The average Bonchev–Trinajstić information content (AvgIpc) is 2.45. The lowest BCUT2D eigenvalue weighted by Crippen LogP contribution is -2.42. The zero-order valence-corrected chi connectivity index (χ0v) is 12.4. The molecule has 0 aliphatic heterocycles. The van der Waals surface area contributed by atoms with E-state index in [1.807, 2.05) is 24.3 Å². The molecule has 0 bridgehead atoms. The Morgan fingerprint density at radius 1 is 1.43 bits per heavy atom. The second-order valence-electron chi connectivity index (χ2n) is 4.78. The van der Waals surface area contributed by atoms with Crippen molar-refractivity contribution in [3.8, 4) is 6.07 Å². The number of amides is 1. The van der Waals surface area contributed by atoms with Gasteiger partial charge < -0.3 is 9.84 Å². The summed E-state index contributed by atoms with van der Waals surface area (Å²) in [5.41, 5.74) is 0.690. The Morgan fingerprint density at radius 3 is 2.67 bits per heavy atom. The second kappa shape index (κ2) is 9.08. The smallest absolute Gasteiger partial charge is 0.242 e. The summed E-state index contributed by atoms with van der Waals surface area (Å²) >= 11 is 0. The van der Waals surface area contributed by atoms with Gasteiger partial charge in [0.05, 0.1) is 25.3 Å². The van der Waals surface area contributed by atoms with Gasteiger partial charge in [-0.1, -0.05) is 18.2 Å². The number of aliphatic hydroxyl groups excluding tert-OH is 1. The first kappa shape index (κ1) is 17.1. The lowest BCUT2D eigenvalue weighted by molar-refractivity contribution is -0.119. The third-order valence-corrected chi connectivity index (χ3v) is 2.88. The molecule has 0 aromatic heterocycles. The van der Waals surface area contributed by atoms with Gasteiger partial charge in [0.1, 0.15) is 6.54 Å². The Hall–Kier alpha value is -1.94. The number of ether oxygens (including phenoxy) is 1. The molecule has 114 valence electrons. The van der Waals surface area contributed by atoms with Crippen LogP contribution >= 0.6 is 0 Å². The van der Waals surface area contributed by atoms with E-state index in [1.54, 1.807) is 24.1 Å². The van der Waals surface area contributed by atoms with Crippen LogP contribution in [-0.2, 0) is 9.53 Å². The van der Waals surface area contributed by atoms with Crippen molar-refractivity contribution in [1.82, 2.24) is 4.90 Å². The maximum Gasteiger partial charge on any atom is 0.242 e. The van der Waals surface area contributed by atoms with Crippen LogP contribution in [0.5, 0.6) is 0 Å². The highest BCUT2D eigenvalue weighted by atomic mass is 16.5. The molecular formula is C15H21N3O3. The van der Waals surface area contributed by atoms with Gasteiger partial charge in [-0.2, -0.15) is 5.26 Å². The number of methoxy groups -OCH3 is 1. The maximum absolute atomic E-state index is 12.3. The number of likely N-dealkylation sites (N-methyl/N-ethyl adjacent to an activating group) is 1. The van der Waals surface area contributed by atoms with Gasteiger partial charge in [0, 0.05) is 19.3 Å². The average molecular weight is 291 g/mol. The van der Waals surface area contributed by atoms with Crippen LogP contribution in [0.1, 0.15) is 0 Å². The van der Waals surface area contributed by atoms with E-state index in [1.165, 1.54) is 12.0 Å². The zero-order valence-electron chi connectivity index (χ0n) is 12.4. The fourth-order valence-corrected chi connectivity index (χ4v) is 1.99. The van der Waals surface area contributed by atoms with E-state index in [-0.39, 0.29) is 25.6 Å². The molecular weight excluding hydrogens is 270 g/mol. The summed E-state index contributed by atoms with van der Waals surface area (Å²) < 4.78 is 4.85. The Bertz CT molecular complexity index is 473. The van der Waals surface area contributed by atoms with Crippen molar-refractivity contribution >= 4 is 11.6 Å². The summed E-state index contributed by atoms with van der Waals surface area (Å²) in [5.74, 6) is -0.185. The standard InChI is InChI=1S/C15H21N3O3/c1-17(10-14(19)12-21-2)11-15(20)18(9-8-16)13-6-4-3-5-7-13/h3-7,14,19H,9-12H2,1-2H3. The molecule has 1 rings (SSSR count). The van der Waals surface area contributed by atoms with E-state index in [0.717, 1.165) is 0 Å². The van der Waals surface area contributed by atoms with Gasteiger partial charge in [-0.25, -0.2) is 0 Å². The van der Waals surface area contributed by atoms with Crippen LogP contribution < -0.4 is 4.90 Å². The van der Waals surface area contributed by atoms with E-state index in [0.29, 0.717) is 12.2 Å². The van der Waals surface area contributed by atoms with Crippen LogP contribution in [0.15, 0.2) is 30.3 Å². The topological polar surface area (TPSA) is 76.8 Å². The third kappa shape index (κ3) is 5.92. The van der Waals surface area contributed by atoms with E-state index < -0.39 is 6.10 Å². The van der Waals surface area contributed by atoms with Crippen LogP contribution in [0.4, 0.5) is 5.69 Å². The van der Waals surface area contributed by atoms with Crippen molar-refractivity contribution < 1.29 is 14.6 Å². The Morgan fingerprint density at radius 2 is 2.10 bits per heavy atom. The molecule has 0 aliphatic rings. The lowest BCUT2D eigenvalue weighted by Gasteiger charge is -2.24. The number of para-hydroxylation sites is 1. The first-order valence-corrected chi connectivity index (χ1v) is 6.66. The van der Waals surface area contributed by atoms with E-state index in [9.17, 15) is 9.90 Å². The van der Waals surface area contributed by atoms with Gasteiger partial charge >= 0.3 is 0 Å². The fraction of sp³-hybridized carbons (Fsp3) is 0.467. The minimum absolute atomic E-state index is 0.00267. The summed E-state index contributed by atoms with van der Waals surface area (Å²) in [7, 11) is 3.25. The van der Waals surface area contributed by atoms with Crippen LogP contribution in [0, 0.1) is 11.3 Å². The molecule has 0 aliphatic carbocycles. The minimum atomic E-state index is -0.644. The Balaban J connectivity index is 2.64. The minimum Gasteiger partial charge on any atom is -0.389 e. The normalized spacial score (nSPS) is 12.0. The monoisotopic (exact) mass is 291 g/mol. The van der Waals surface area contributed by atoms with Gasteiger partial charge in [-0.05, 0) is 19.2 Å². The highest BCUT2D eigenvalue weighted by molar-refractivity contribution is 5.95. The summed E-state index contributed by atoms with van der Waals surface area (Å²) in [6.45, 7) is 0.669. The SMILES string of the molecule is COCC(O)CN(C)CC(=O)N(CC#N)c1ccccc1. The quantitative estimate of drug-likeness (QED) is 0.705. The zero-order chi connectivity index (χ0) is 15.7. The number of benzene rings is 1. The molecule has 1 atom stereocenters. The van der Waals surface area contributed by atoms with Crippen molar-refractivity contribution in [2.75, 3.05) is 45.3 Å². The number of nitriles is 1. The number of aliphatic hydroxyl groups is 1. The maximum atomic E-state index is 12.3. The molecule has 0 spiro atoms. The van der Waals surface area contributed by atoms with Crippen molar-refractivity contribution in [2.45, 2.75) is 6.10 Å². The number of anilines is 1. The van der Waals surface area contributed by atoms with E-state index in [4.69, 9.17) is 10.00 Å². The van der Waals surface area contributed by atoms with Crippen molar-refractivity contribution in [2.24, 2.45) is 0 Å². The molecule has 1 aromatic rings. The second-order valence-corrected chi connectivity index (χ2v) is 4.78. The summed E-state index contributed by atoms with van der Waals surface area (Å²) in [5, 5.41) is 18.5. The molecule has 1 amide bonds. The number of carbonyl (C=O) groups excluding carboxylic acids is 1. The molecule has 6 heteroatoms. The van der Waals surface area contributed by atoms with Gasteiger partial charge in [-0.3, -0.25) is 14.6 Å². The van der Waals surface area contributed by atoms with Gasteiger partial charge in [0.15, 0.2) is 0 Å². The molecule has 6 nitrogen and oxygen atoms in total. The van der Waals surface area contributed by atoms with Crippen molar-refractivity contribution in [3.63, 3.8) is 0 Å². The molecule has 0 fully saturated rings. The largest absolute Gasteiger partial charge is 0.389 e. The number of rotatable bonds is 8. The number of carbonyl (C=O) groups is 1. The van der Waals surface area contributed by atoms with Gasteiger partial charge in [-0.15, -0.1) is 0 Å². The molecule has 0 saturated carbocycles. The predicted molar refractivity (Wildman–Crippen MR) is 79.8 cm³/mol. The molecule has 1 aromatic carbocycles. The molecule has 21 heavy (non-hydrogen) atoms. The highest BCUT2D eigenvalue weighted by Gasteiger charge is 2.18. The van der Waals surface area contributed by atoms with Crippen LogP contribution in [0.25, 0.3) is 0 Å². The Kier molecular flexibility index (Phi) is 7.40. The number of hydrogen-bond acceptors (Lipinski definition) is 5. The number of nitrogens with zero attached hydrogens (tertiary/aromatic N) is 3. The summed E-state index contributed by atoms with van der Waals surface area (Å²) in [6, 6.07) is 11.1. The summed E-state index contributed by atoms with van der Waals surface area (Å²) in [6.07, 6.45) is -0.644. The molecule has 1 unspecified atom stereocenters. The molecule has 0 heterocycles. The van der Waals surface area contributed by atoms with Crippen molar-refractivity contribution in [1.29, 1.82) is 5.26 Å². The summed E-state index contributed by atoms with van der Waals surface area (Å²) in [4.78, 5) is 15.4. The van der Waals surface area contributed by atoms with Crippen LogP contribution in [-0.4, -0.2) is 62.4 Å². The van der Waals surface area contributed by atoms with E-state index in [2.05, 4.69) is 0 Å². The molecule has 1 N–H and O–H groups in total. The van der Waals surface area contributed by atoms with Crippen molar-refractivity contribution in [3.05, 3.63) is 30.3 Å². The first-order chi connectivity index (χ1) is 10.1. The third-order valence-electron chi connectivity index (χ3n) is 2.88. The fourth-order valence-electron chi connectivity index (χ4n) is 1.99. The van der Waals surface area contributed by atoms with E-state index >= 15 is 0 Å². The van der Waals surface area contributed by atoms with Gasteiger partial charge in [0.2, 0.25) is 5.91 Å². The Labute approximate surface area is 125 Å². The van der Waals surface area contributed by atoms with Gasteiger partial charge in [0.25, 0.3) is 0 Å². The first-order valence-electron chi connectivity index (χ1n) is 6.66. The molecule has 0 radical (unpaired) electrons. The predicted octanol–water partition coefficient (Wildman–Crippen LogP) is 0.482. The van der Waals surface area contributed by atoms with Crippen LogP contribution in [0.2, 0.25) is 0 Å².